The lowest BCUT2D eigenvalue weighted by Gasteiger charge is -2.22. The molecule has 2 N–H and O–H groups in total. The van der Waals surface area contributed by atoms with Crippen molar-refractivity contribution in [3.8, 4) is 0 Å². The first-order valence-electron chi connectivity index (χ1n) is 6.09. The molecular formula is C12H20N4O2S. The minimum atomic E-state index is -0.465. The van der Waals surface area contributed by atoms with Gasteiger partial charge in [-0.3, -0.25) is 10.1 Å². The summed E-state index contributed by atoms with van der Waals surface area (Å²) in [5.41, 5.74) is -0.0884. The second kappa shape index (κ2) is 6.60. The van der Waals surface area contributed by atoms with Crippen LogP contribution in [0.4, 0.5) is 4.79 Å². The third kappa shape index (κ3) is 4.94. The zero-order valence-electron chi connectivity index (χ0n) is 11.7. The Morgan fingerprint density at radius 1 is 1.42 bits per heavy atom. The number of nitrogens with zero attached hydrogens (tertiary/aromatic N) is 2. The summed E-state index contributed by atoms with van der Waals surface area (Å²) >= 11 is 1.31. The van der Waals surface area contributed by atoms with Gasteiger partial charge in [-0.1, -0.05) is 11.8 Å². The molecule has 1 aromatic rings. The van der Waals surface area contributed by atoms with E-state index in [1.807, 2.05) is 10.8 Å². The minimum absolute atomic E-state index is 0.0884. The maximum absolute atomic E-state index is 11.6. The standard InChI is InChI=1S/C12H20N4O2S/c1-5-13-10(18)15-9(17)8-19-11-14-6-7-16(11)12(2,3)4/h6-7H,5,8H2,1-4H3,(H2,13,15,17,18). The third-order valence-electron chi connectivity index (χ3n) is 2.25. The Kier molecular flexibility index (Phi) is 5.41. The number of carbonyl (C=O) groups excluding carboxylic acids is 2. The number of amides is 3. The summed E-state index contributed by atoms with van der Waals surface area (Å²) in [7, 11) is 0. The van der Waals surface area contributed by atoms with E-state index < -0.39 is 6.03 Å². The average molecular weight is 284 g/mol. The van der Waals surface area contributed by atoms with E-state index >= 15 is 0 Å². The van der Waals surface area contributed by atoms with Gasteiger partial charge in [-0.15, -0.1) is 0 Å². The van der Waals surface area contributed by atoms with Crippen LogP contribution in [0.25, 0.3) is 0 Å². The number of aromatic nitrogens is 2. The summed E-state index contributed by atoms with van der Waals surface area (Å²) < 4.78 is 2.00. The molecule has 0 radical (unpaired) electrons. The fourth-order valence-corrected chi connectivity index (χ4v) is 2.35. The van der Waals surface area contributed by atoms with E-state index in [0.29, 0.717) is 6.54 Å². The average Bonchev–Trinajstić information content (AvgIpc) is 2.74. The van der Waals surface area contributed by atoms with Gasteiger partial charge in [-0.2, -0.15) is 0 Å². The highest BCUT2D eigenvalue weighted by Crippen LogP contribution is 2.23. The summed E-state index contributed by atoms with van der Waals surface area (Å²) in [5.74, 6) is -0.177. The van der Waals surface area contributed by atoms with E-state index in [9.17, 15) is 9.59 Å². The minimum Gasteiger partial charge on any atom is -0.338 e. The predicted octanol–water partition coefficient (Wildman–Crippen LogP) is 1.58. The molecular weight excluding hydrogens is 264 g/mol. The van der Waals surface area contributed by atoms with Crippen LogP contribution in [0.5, 0.6) is 0 Å². The summed E-state index contributed by atoms with van der Waals surface area (Å²) in [4.78, 5) is 26.9. The molecule has 7 heteroatoms. The van der Waals surface area contributed by atoms with Crippen LogP contribution in [0.3, 0.4) is 0 Å². The van der Waals surface area contributed by atoms with Gasteiger partial charge in [-0.25, -0.2) is 9.78 Å². The van der Waals surface area contributed by atoms with Gasteiger partial charge in [0, 0.05) is 24.5 Å². The van der Waals surface area contributed by atoms with Crippen LogP contribution >= 0.6 is 11.8 Å². The Bertz CT molecular complexity index is 451. The van der Waals surface area contributed by atoms with Crippen molar-refractivity contribution in [1.82, 2.24) is 20.2 Å². The number of nitrogens with one attached hydrogen (secondary N) is 2. The van der Waals surface area contributed by atoms with E-state index in [0.717, 1.165) is 5.16 Å². The molecule has 0 aliphatic heterocycles. The lowest BCUT2D eigenvalue weighted by Crippen LogP contribution is -2.40. The highest BCUT2D eigenvalue weighted by atomic mass is 32.2. The van der Waals surface area contributed by atoms with Crippen molar-refractivity contribution in [2.45, 2.75) is 38.4 Å². The first kappa shape index (κ1) is 15.6. The number of imidazole rings is 1. The second-order valence-electron chi connectivity index (χ2n) is 4.95. The van der Waals surface area contributed by atoms with Gasteiger partial charge in [-0.05, 0) is 27.7 Å². The van der Waals surface area contributed by atoms with Gasteiger partial charge >= 0.3 is 6.03 Å². The Morgan fingerprint density at radius 2 is 2.11 bits per heavy atom. The molecule has 0 saturated carbocycles. The molecule has 0 atom stereocenters. The monoisotopic (exact) mass is 284 g/mol. The van der Waals surface area contributed by atoms with Gasteiger partial charge in [0.1, 0.15) is 0 Å². The molecule has 1 rings (SSSR count). The summed E-state index contributed by atoms with van der Waals surface area (Å²) in [5, 5.41) is 5.52. The zero-order valence-corrected chi connectivity index (χ0v) is 12.5. The van der Waals surface area contributed by atoms with Crippen molar-refractivity contribution in [2.24, 2.45) is 0 Å². The van der Waals surface area contributed by atoms with Crippen molar-refractivity contribution in [1.29, 1.82) is 0 Å². The van der Waals surface area contributed by atoms with Crippen LogP contribution in [-0.2, 0) is 10.3 Å². The van der Waals surface area contributed by atoms with Crippen LogP contribution in [-0.4, -0.2) is 33.8 Å². The van der Waals surface area contributed by atoms with Crippen molar-refractivity contribution < 1.29 is 9.59 Å². The van der Waals surface area contributed by atoms with Gasteiger partial charge in [0.25, 0.3) is 0 Å². The molecule has 1 heterocycles. The van der Waals surface area contributed by atoms with Gasteiger partial charge in [0.05, 0.1) is 5.75 Å². The van der Waals surface area contributed by atoms with Gasteiger partial charge in [0.2, 0.25) is 5.91 Å². The molecule has 0 bridgehead atoms. The smallest absolute Gasteiger partial charge is 0.321 e. The van der Waals surface area contributed by atoms with Crippen LogP contribution in [0.2, 0.25) is 0 Å². The van der Waals surface area contributed by atoms with Crippen molar-refractivity contribution in [3.63, 3.8) is 0 Å². The lowest BCUT2D eigenvalue weighted by atomic mass is 10.1. The predicted molar refractivity (Wildman–Crippen MR) is 75.2 cm³/mol. The molecule has 0 unspecified atom stereocenters. The quantitative estimate of drug-likeness (QED) is 0.823. The Morgan fingerprint density at radius 3 is 2.68 bits per heavy atom. The molecule has 19 heavy (non-hydrogen) atoms. The lowest BCUT2D eigenvalue weighted by molar-refractivity contribution is -0.117. The number of thioether (sulfide) groups is 1. The van der Waals surface area contributed by atoms with Crippen LogP contribution in [0, 0.1) is 0 Å². The number of hydrogen-bond acceptors (Lipinski definition) is 4. The maximum atomic E-state index is 11.6. The zero-order chi connectivity index (χ0) is 14.5. The number of rotatable bonds is 4. The molecule has 0 aliphatic rings. The number of imide groups is 1. The van der Waals surface area contributed by atoms with E-state index in [2.05, 4.69) is 36.4 Å². The summed E-state index contributed by atoms with van der Waals surface area (Å²) in [6, 6.07) is -0.465. The molecule has 3 amide bonds. The van der Waals surface area contributed by atoms with E-state index in [1.165, 1.54) is 11.8 Å². The molecule has 106 valence electrons. The van der Waals surface area contributed by atoms with Gasteiger partial charge < -0.3 is 9.88 Å². The molecule has 0 aromatic carbocycles. The largest absolute Gasteiger partial charge is 0.338 e. The molecule has 1 aromatic heterocycles. The topological polar surface area (TPSA) is 76.0 Å². The number of carbonyl (C=O) groups is 2. The fraction of sp³-hybridized carbons (Fsp3) is 0.583. The maximum Gasteiger partial charge on any atom is 0.321 e. The van der Waals surface area contributed by atoms with Crippen LogP contribution in [0.1, 0.15) is 27.7 Å². The molecule has 0 aliphatic carbocycles. The molecule has 0 spiro atoms. The first-order valence-corrected chi connectivity index (χ1v) is 7.07. The van der Waals surface area contributed by atoms with E-state index in [4.69, 9.17) is 0 Å². The third-order valence-corrected chi connectivity index (χ3v) is 3.22. The second-order valence-corrected chi connectivity index (χ2v) is 5.89. The Hall–Kier alpha value is -1.50. The summed E-state index contributed by atoms with van der Waals surface area (Å²) in [6.45, 7) is 8.47. The molecule has 0 fully saturated rings. The molecule has 0 saturated heterocycles. The normalized spacial score (nSPS) is 11.2. The highest BCUT2D eigenvalue weighted by molar-refractivity contribution is 7.99. The Labute approximate surface area is 117 Å². The summed E-state index contributed by atoms with van der Waals surface area (Å²) in [6.07, 6.45) is 3.58. The van der Waals surface area contributed by atoms with E-state index in [-0.39, 0.29) is 17.2 Å². The van der Waals surface area contributed by atoms with Crippen molar-refractivity contribution in [2.75, 3.05) is 12.3 Å². The number of hydrogen-bond donors (Lipinski definition) is 2. The fourth-order valence-electron chi connectivity index (χ4n) is 1.40. The number of urea groups is 1. The highest BCUT2D eigenvalue weighted by Gasteiger charge is 2.18. The van der Waals surface area contributed by atoms with Gasteiger partial charge in [0.15, 0.2) is 5.16 Å². The SMILES string of the molecule is CCNC(=O)NC(=O)CSc1nccn1C(C)(C)C. The first-order chi connectivity index (χ1) is 8.84. The Balaban J connectivity index is 2.51. The molecule has 6 nitrogen and oxygen atoms in total. The van der Waals surface area contributed by atoms with E-state index in [1.54, 1.807) is 13.1 Å². The van der Waals surface area contributed by atoms with Crippen molar-refractivity contribution in [3.05, 3.63) is 12.4 Å². The van der Waals surface area contributed by atoms with Crippen LogP contribution < -0.4 is 10.6 Å². The van der Waals surface area contributed by atoms with Crippen molar-refractivity contribution >= 4 is 23.7 Å². The van der Waals surface area contributed by atoms with Crippen LogP contribution in [0.15, 0.2) is 17.6 Å².